The van der Waals surface area contributed by atoms with E-state index in [2.05, 4.69) is 95.4 Å². The van der Waals surface area contributed by atoms with Crippen molar-refractivity contribution in [2.24, 2.45) is 10.8 Å². The van der Waals surface area contributed by atoms with Crippen LogP contribution in [0.5, 0.6) is 0 Å². The maximum absolute atomic E-state index is 12.4. The molecule has 0 radical (unpaired) electrons. The molecule has 4 unspecified atom stereocenters. The third-order valence-electron chi connectivity index (χ3n) is 14.2. The fourth-order valence-electron chi connectivity index (χ4n) is 9.86. The largest absolute Gasteiger partial charge is 0.444 e. The van der Waals surface area contributed by atoms with Gasteiger partial charge in [0, 0.05) is 68.1 Å². The van der Waals surface area contributed by atoms with Crippen LogP contribution in [0.4, 0.5) is 0 Å². The summed E-state index contributed by atoms with van der Waals surface area (Å²) in [7, 11) is 7.46. The second kappa shape index (κ2) is 27.4. The number of rotatable bonds is 12. The van der Waals surface area contributed by atoms with E-state index in [-0.39, 0.29) is 58.6 Å². The maximum atomic E-state index is 12.4. The number of nitrogens with zero attached hydrogens (tertiary/aromatic N) is 6. The Hall–Kier alpha value is -4.48. The van der Waals surface area contributed by atoms with Crippen LogP contribution < -0.4 is 21.3 Å². The van der Waals surface area contributed by atoms with Crippen LogP contribution in [0.15, 0.2) is 64.4 Å². The first-order chi connectivity index (χ1) is 33.5. The van der Waals surface area contributed by atoms with Gasteiger partial charge in [-0.25, -0.2) is 9.97 Å². The highest BCUT2D eigenvalue weighted by Crippen LogP contribution is 2.34. The summed E-state index contributed by atoms with van der Waals surface area (Å²) in [5.74, 6) is 2.32. The van der Waals surface area contributed by atoms with Crippen LogP contribution in [-0.2, 0) is 32.3 Å². The Bertz CT molecular complexity index is 2070. The first-order valence-electron chi connectivity index (χ1n) is 25.9. The average Bonchev–Trinajstić information content (AvgIpc) is 4.00. The summed E-state index contributed by atoms with van der Waals surface area (Å²) in [5, 5.41) is 13.5. The summed E-state index contributed by atoms with van der Waals surface area (Å²) in [6.07, 6.45) is 29.3. The van der Waals surface area contributed by atoms with E-state index in [1.54, 1.807) is 17.5 Å². The Balaban J connectivity index is 0.000000174. The minimum absolute atomic E-state index is 0.00516. The molecule has 6 aliphatic rings. The van der Waals surface area contributed by atoms with Crippen molar-refractivity contribution in [3.8, 4) is 0 Å². The van der Waals surface area contributed by atoms with Crippen LogP contribution in [0, 0.1) is 24.7 Å². The molecule has 70 heavy (non-hydrogen) atoms. The average molecular weight is 987 g/mol. The zero-order valence-electron chi connectivity index (χ0n) is 44.2. The van der Waals surface area contributed by atoms with Crippen molar-refractivity contribution in [2.75, 3.05) is 67.5 Å². The number of nitrogens with one attached hydrogen (secondary N) is 4. The van der Waals surface area contributed by atoms with Gasteiger partial charge < -0.3 is 45.3 Å². The van der Waals surface area contributed by atoms with Gasteiger partial charge in [-0.05, 0) is 123 Å². The summed E-state index contributed by atoms with van der Waals surface area (Å²) in [6, 6.07) is -0.0508. The van der Waals surface area contributed by atoms with Gasteiger partial charge in [0.2, 0.25) is 23.6 Å². The van der Waals surface area contributed by atoms with Gasteiger partial charge >= 0.3 is 0 Å². The first kappa shape index (κ1) is 56.4. The third-order valence-corrected chi connectivity index (χ3v) is 15.1. The third kappa shape index (κ3) is 16.8. The first-order valence-corrected chi connectivity index (χ1v) is 26.8. The second-order valence-corrected chi connectivity index (χ2v) is 22.0. The SMILES string of the molecule is CNC1CCCCN(CC2=CC(C)(C)C=C2)C1=O.CNC1CCCCN(CC2=CC=CC2(C)C)C1=O.CNC1CCCCN(Cc2cnc(C)o2)C1=O.CNC1CCCCN(Cc2cnc(C)s2)C1=O. The molecule has 4 saturated heterocycles. The van der Waals surface area contributed by atoms with Gasteiger partial charge in [-0.2, -0.15) is 0 Å². The van der Waals surface area contributed by atoms with Crippen LogP contribution in [-0.4, -0.2) is 145 Å². The summed E-state index contributed by atoms with van der Waals surface area (Å²) >= 11 is 1.67. The van der Waals surface area contributed by atoms with E-state index in [1.165, 1.54) is 16.0 Å². The van der Waals surface area contributed by atoms with Crippen LogP contribution in [0.3, 0.4) is 0 Å². The van der Waals surface area contributed by atoms with Crippen LogP contribution in [0.2, 0.25) is 0 Å². The number of aromatic nitrogens is 2. The Kier molecular flexibility index (Phi) is 22.1. The molecule has 0 spiro atoms. The molecule has 2 aromatic heterocycles. The lowest BCUT2D eigenvalue weighted by Gasteiger charge is -2.29. The minimum Gasteiger partial charge on any atom is -0.444 e. The second-order valence-electron chi connectivity index (χ2n) is 20.7. The zero-order chi connectivity index (χ0) is 50.8. The highest BCUT2D eigenvalue weighted by Gasteiger charge is 2.32. The zero-order valence-corrected chi connectivity index (χ0v) is 45.0. The van der Waals surface area contributed by atoms with Gasteiger partial charge in [-0.15, -0.1) is 11.3 Å². The van der Waals surface area contributed by atoms with Crippen LogP contribution >= 0.6 is 11.3 Å². The summed E-state index contributed by atoms with van der Waals surface area (Å²) in [6.45, 7) is 18.8. The molecule has 4 N–H and O–H groups in total. The lowest BCUT2D eigenvalue weighted by molar-refractivity contribution is -0.134. The Morgan fingerprint density at radius 3 is 1.43 bits per heavy atom. The number of carbonyl (C=O) groups excluding carboxylic acids is 4. The van der Waals surface area contributed by atoms with Crippen molar-refractivity contribution in [3.63, 3.8) is 0 Å². The van der Waals surface area contributed by atoms with Gasteiger partial charge in [-0.1, -0.05) is 64.2 Å². The van der Waals surface area contributed by atoms with Crippen molar-refractivity contribution < 1.29 is 23.6 Å². The van der Waals surface area contributed by atoms with Gasteiger partial charge in [0.15, 0.2) is 5.89 Å². The number of hydrogen-bond donors (Lipinski definition) is 4. The minimum atomic E-state index is -0.0541. The summed E-state index contributed by atoms with van der Waals surface area (Å²) < 4.78 is 5.42. The molecular weight excluding hydrogens is 901 g/mol. The summed E-state index contributed by atoms with van der Waals surface area (Å²) in [4.78, 5) is 66.5. The monoisotopic (exact) mass is 987 g/mol. The molecule has 0 aromatic carbocycles. The van der Waals surface area contributed by atoms with Crippen molar-refractivity contribution in [1.82, 2.24) is 50.8 Å². The molecule has 2 aliphatic carbocycles. The lowest BCUT2D eigenvalue weighted by atomic mass is 9.87. The number of allylic oxidation sites excluding steroid dienone is 5. The van der Waals surface area contributed by atoms with Crippen molar-refractivity contribution in [3.05, 3.63) is 81.5 Å². The quantitative estimate of drug-likeness (QED) is 0.176. The molecule has 0 saturated carbocycles. The predicted molar refractivity (Wildman–Crippen MR) is 281 cm³/mol. The van der Waals surface area contributed by atoms with E-state index < -0.39 is 0 Å². The van der Waals surface area contributed by atoms with Crippen molar-refractivity contribution in [1.29, 1.82) is 0 Å². The van der Waals surface area contributed by atoms with Crippen molar-refractivity contribution in [2.45, 2.75) is 156 Å². The number of thiazole rings is 1. The number of likely N-dealkylation sites (N-methyl/N-ethyl adjacent to an activating group) is 4. The Labute approximate surface area is 423 Å². The van der Waals surface area contributed by atoms with Gasteiger partial charge in [0.25, 0.3) is 0 Å². The van der Waals surface area contributed by atoms with Gasteiger partial charge in [-0.3, -0.25) is 19.2 Å². The molecule has 6 heterocycles. The normalized spacial score (nSPS) is 24.5. The Morgan fingerprint density at radius 2 is 1.06 bits per heavy atom. The maximum Gasteiger partial charge on any atom is 0.240 e. The fraction of sp³-hybridized carbons (Fsp3) is 0.667. The summed E-state index contributed by atoms with van der Waals surface area (Å²) in [5.41, 5.74) is 2.85. The molecule has 2 aromatic rings. The number of amides is 4. The van der Waals surface area contributed by atoms with Crippen LogP contribution in [0.1, 0.15) is 126 Å². The molecule has 388 valence electrons. The highest BCUT2D eigenvalue weighted by atomic mass is 32.1. The van der Waals surface area contributed by atoms with E-state index in [4.69, 9.17) is 4.42 Å². The predicted octanol–water partition coefficient (Wildman–Crippen LogP) is 6.85. The smallest absolute Gasteiger partial charge is 0.240 e. The number of oxazole rings is 1. The topological polar surface area (TPSA) is 168 Å². The molecule has 4 aliphatic heterocycles. The lowest BCUT2D eigenvalue weighted by Crippen LogP contribution is -2.45. The van der Waals surface area contributed by atoms with E-state index in [0.717, 1.165) is 127 Å². The number of aryl methyl sites for hydroxylation is 2. The molecule has 4 atom stereocenters. The van der Waals surface area contributed by atoms with Crippen LogP contribution in [0.25, 0.3) is 0 Å². The van der Waals surface area contributed by atoms with Crippen molar-refractivity contribution >= 4 is 35.0 Å². The molecule has 4 amide bonds. The van der Waals surface area contributed by atoms with Gasteiger partial charge in [0.1, 0.15) is 5.76 Å². The van der Waals surface area contributed by atoms with E-state index >= 15 is 0 Å². The van der Waals surface area contributed by atoms with Gasteiger partial charge in [0.05, 0.1) is 48.5 Å². The molecule has 15 nitrogen and oxygen atoms in total. The molecular formula is C54H86N10O5S. The molecule has 4 fully saturated rings. The standard InChI is InChI=1S/2C15H24N2O.C12H19N3O2.C12H19N3OS/c1-15(2)9-6-7-12(15)11-17-10-5-4-8-13(16-3)14(17)18;1-15(2)8-7-12(10-15)11-17-9-5-4-6-13(16-3)14(17)18;2*1-9-14-7-10(17-9)8-15-6-4-3-5-11(13-2)12(15)16/h6-7,9,13,16H,4-5,8,10-11H2,1-3H3;7-8,10,13,16H,4-6,9,11H2,1-3H3;2*7,11,13H,3-6,8H2,1-2H3. The number of likely N-dealkylation sites (tertiary alicyclic amines) is 4. The Morgan fingerprint density at radius 1 is 0.600 bits per heavy atom. The van der Waals surface area contributed by atoms with E-state index in [0.29, 0.717) is 19.0 Å². The molecule has 16 heteroatoms. The van der Waals surface area contributed by atoms with E-state index in [1.807, 2.05) is 67.8 Å². The number of carbonyl (C=O) groups is 4. The van der Waals surface area contributed by atoms with E-state index in [9.17, 15) is 19.2 Å². The molecule has 8 rings (SSSR count). The fourth-order valence-corrected chi connectivity index (χ4v) is 10.7. The highest BCUT2D eigenvalue weighted by molar-refractivity contribution is 7.11. The number of hydrogen-bond acceptors (Lipinski definition) is 12. The molecule has 0 bridgehead atoms.